The van der Waals surface area contributed by atoms with Crippen molar-refractivity contribution in [2.45, 2.75) is 0 Å². The molecule has 0 aliphatic carbocycles. The lowest BCUT2D eigenvalue weighted by Gasteiger charge is -2.33. The number of piperazine rings is 1. The molecule has 2 aromatic rings. The van der Waals surface area contributed by atoms with Gasteiger partial charge in [0.1, 0.15) is 17.3 Å². The fourth-order valence-electron chi connectivity index (χ4n) is 2.87. The lowest BCUT2D eigenvalue weighted by Crippen LogP contribution is -2.44. The molecule has 1 N–H and O–H groups in total. The van der Waals surface area contributed by atoms with Gasteiger partial charge in [-0.2, -0.15) is 0 Å². The van der Waals surface area contributed by atoms with Crippen molar-refractivity contribution in [2.24, 2.45) is 0 Å². The third-order valence-electron chi connectivity index (χ3n) is 4.48. The van der Waals surface area contributed by atoms with E-state index in [4.69, 9.17) is 9.47 Å². The second-order valence-corrected chi connectivity index (χ2v) is 6.22. The Morgan fingerprint density at radius 1 is 1.08 bits per heavy atom. The van der Waals surface area contributed by atoms with Crippen LogP contribution in [0.1, 0.15) is 10.4 Å². The summed E-state index contributed by atoms with van der Waals surface area (Å²) in [6.45, 7) is 3.96. The molecular weight excluding hydrogens is 332 g/mol. The maximum absolute atomic E-state index is 12.6. The van der Waals surface area contributed by atoms with Gasteiger partial charge in [-0.05, 0) is 37.4 Å². The molecule has 0 unspecified atom stereocenters. The number of anilines is 2. The lowest BCUT2D eigenvalue weighted by molar-refractivity contribution is 0.102. The minimum Gasteiger partial charge on any atom is -0.497 e. The van der Waals surface area contributed by atoms with Crippen LogP contribution in [0.3, 0.4) is 0 Å². The van der Waals surface area contributed by atoms with Crippen molar-refractivity contribution in [1.29, 1.82) is 0 Å². The first-order chi connectivity index (χ1) is 12.6. The highest BCUT2D eigenvalue weighted by molar-refractivity contribution is 6.06. The molecule has 1 aromatic carbocycles. The molecule has 0 bridgehead atoms. The average Bonchev–Trinajstić information content (AvgIpc) is 2.68. The summed E-state index contributed by atoms with van der Waals surface area (Å²) in [5.74, 6) is 1.75. The van der Waals surface area contributed by atoms with E-state index in [1.54, 1.807) is 31.5 Å². The summed E-state index contributed by atoms with van der Waals surface area (Å²) in [4.78, 5) is 21.6. The van der Waals surface area contributed by atoms with Gasteiger partial charge in [0.05, 0.1) is 31.7 Å². The van der Waals surface area contributed by atoms with Crippen LogP contribution >= 0.6 is 0 Å². The number of hydrogen-bond donors (Lipinski definition) is 1. The minimum absolute atomic E-state index is 0.269. The van der Waals surface area contributed by atoms with E-state index in [0.717, 1.165) is 32.0 Å². The number of benzene rings is 1. The zero-order valence-corrected chi connectivity index (χ0v) is 15.4. The van der Waals surface area contributed by atoms with Gasteiger partial charge in [-0.3, -0.25) is 4.79 Å². The zero-order valence-electron chi connectivity index (χ0n) is 15.4. The van der Waals surface area contributed by atoms with Gasteiger partial charge in [0.25, 0.3) is 5.91 Å². The molecular formula is C19H24N4O3. The second kappa shape index (κ2) is 8.05. The van der Waals surface area contributed by atoms with Crippen LogP contribution in [0, 0.1) is 0 Å². The standard InChI is InChI=1S/C19H24N4O3/c1-22-8-10-23(11-9-22)18-7-4-14(13-20-18)21-19(24)16-12-15(25-2)5-6-17(16)26-3/h4-7,12-13H,8-11H2,1-3H3,(H,21,24). The number of amides is 1. The smallest absolute Gasteiger partial charge is 0.259 e. The van der Waals surface area contributed by atoms with Gasteiger partial charge in [-0.1, -0.05) is 0 Å². The minimum atomic E-state index is -0.269. The number of rotatable bonds is 5. The fourth-order valence-corrected chi connectivity index (χ4v) is 2.87. The first kappa shape index (κ1) is 18.0. The van der Waals surface area contributed by atoms with Gasteiger partial charge in [0.2, 0.25) is 0 Å². The molecule has 0 spiro atoms. The molecule has 1 amide bonds. The normalized spacial score (nSPS) is 14.8. The van der Waals surface area contributed by atoms with Gasteiger partial charge >= 0.3 is 0 Å². The SMILES string of the molecule is COc1ccc(OC)c(C(=O)Nc2ccc(N3CCN(C)CC3)nc2)c1. The van der Waals surface area contributed by atoms with E-state index >= 15 is 0 Å². The lowest BCUT2D eigenvalue weighted by atomic mass is 10.1. The van der Waals surface area contributed by atoms with E-state index in [9.17, 15) is 4.79 Å². The molecule has 0 radical (unpaired) electrons. The molecule has 0 saturated carbocycles. The number of ether oxygens (including phenoxy) is 2. The Hall–Kier alpha value is -2.80. The van der Waals surface area contributed by atoms with Gasteiger partial charge in [-0.25, -0.2) is 4.98 Å². The Labute approximate surface area is 153 Å². The summed E-state index contributed by atoms with van der Waals surface area (Å²) in [5.41, 5.74) is 1.05. The number of carbonyl (C=O) groups is 1. The van der Waals surface area contributed by atoms with Crippen molar-refractivity contribution in [3.05, 3.63) is 42.1 Å². The van der Waals surface area contributed by atoms with E-state index in [1.165, 1.54) is 7.11 Å². The molecule has 7 nitrogen and oxygen atoms in total. The van der Waals surface area contributed by atoms with Crippen LogP contribution in [0.25, 0.3) is 0 Å². The first-order valence-electron chi connectivity index (χ1n) is 8.53. The van der Waals surface area contributed by atoms with Gasteiger partial charge < -0.3 is 24.6 Å². The second-order valence-electron chi connectivity index (χ2n) is 6.22. The average molecular weight is 356 g/mol. The maximum Gasteiger partial charge on any atom is 0.259 e. The van der Waals surface area contributed by atoms with Crippen LogP contribution in [0.5, 0.6) is 11.5 Å². The Morgan fingerprint density at radius 2 is 1.85 bits per heavy atom. The van der Waals surface area contributed by atoms with Gasteiger partial charge in [0.15, 0.2) is 0 Å². The number of hydrogen-bond acceptors (Lipinski definition) is 6. The molecule has 1 aliphatic heterocycles. The molecule has 26 heavy (non-hydrogen) atoms. The van der Waals surface area contributed by atoms with Crippen molar-refractivity contribution in [3.63, 3.8) is 0 Å². The highest BCUT2D eigenvalue weighted by Gasteiger charge is 2.16. The topological polar surface area (TPSA) is 66.9 Å². The highest BCUT2D eigenvalue weighted by atomic mass is 16.5. The summed E-state index contributed by atoms with van der Waals surface area (Å²) < 4.78 is 10.5. The molecule has 7 heteroatoms. The number of likely N-dealkylation sites (N-methyl/N-ethyl adjacent to an activating group) is 1. The molecule has 3 rings (SSSR count). The quantitative estimate of drug-likeness (QED) is 0.885. The summed E-state index contributed by atoms with van der Waals surface area (Å²) >= 11 is 0. The van der Waals surface area contributed by atoms with Crippen LogP contribution in [0.2, 0.25) is 0 Å². The van der Waals surface area contributed by atoms with E-state index in [1.807, 2.05) is 12.1 Å². The van der Waals surface area contributed by atoms with Gasteiger partial charge in [-0.15, -0.1) is 0 Å². The third-order valence-corrected chi connectivity index (χ3v) is 4.48. The molecule has 1 fully saturated rings. The number of carbonyl (C=O) groups excluding carboxylic acids is 1. The largest absolute Gasteiger partial charge is 0.497 e. The summed E-state index contributed by atoms with van der Waals surface area (Å²) in [5, 5.41) is 2.86. The zero-order chi connectivity index (χ0) is 18.5. The molecule has 0 atom stereocenters. The fraction of sp³-hybridized carbons (Fsp3) is 0.368. The predicted octanol–water partition coefficient (Wildman–Crippen LogP) is 2.10. The predicted molar refractivity (Wildman–Crippen MR) is 101 cm³/mol. The number of nitrogens with one attached hydrogen (secondary N) is 1. The van der Waals surface area contributed by atoms with Crippen molar-refractivity contribution < 1.29 is 14.3 Å². The summed E-state index contributed by atoms with van der Waals surface area (Å²) in [6, 6.07) is 8.92. The van der Waals surface area contributed by atoms with E-state index in [2.05, 4.69) is 27.1 Å². The molecule has 1 aromatic heterocycles. The highest BCUT2D eigenvalue weighted by Crippen LogP contribution is 2.25. The Balaban J connectivity index is 1.70. The van der Waals surface area contributed by atoms with Crippen molar-refractivity contribution >= 4 is 17.4 Å². The number of nitrogens with zero attached hydrogens (tertiary/aromatic N) is 3. The van der Waals surface area contributed by atoms with Crippen molar-refractivity contribution in [1.82, 2.24) is 9.88 Å². The van der Waals surface area contributed by atoms with E-state index < -0.39 is 0 Å². The molecule has 2 heterocycles. The number of aromatic nitrogens is 1. The van der Waals surface area contributed by atoms with Crippen LogP contribution < -0.4 is 19.7 Å². The van der Waals surface area contributed by atoms with Crippen LogP contribution in [-0.2, 0) is 0 Å². The van der Waals surface area contributed by atoms with E-state index in [0.29, 0.717) is 22.7 Å². The van der Waals surface area contributed by atoms with Crippen LogP contribution in [0.15, 0.2) is 36.5 Å². The van der Waals surface area contributed by atoms with Crippen molar-refractivity contribution in [2.75, 3.05) is 57.7 Å². The maximum atomic E-state index is 12.6. The summed E-state index contributed by atoms with van der Waals surface area (Å²) in [7, 11) is 5.21. The van der Waals surface area contributed by atoms with Crippen molar-refractivity contribution in [3.8, 4) is 11.5 Å². The number of methoxy groups -OCH3 is 2. The van der Waals surface area contributed by atoms with Crippen LogP contribution in [0.4, 0.5) is 11.5 Å². The summed E-state index contributed by atoms with van der Waals surface area (Å²) in [6.07, 6.45) is 1.68. The Morgan fingerprint density at radius 3 is 2.46 bits per heavy atom. The number of pyridine rings is 1. The monoisotopic (exact) mass is 356 g/mol. The van der Waals surface area contributed by atoms with E-state index in [-0.39, 0.29) is 5.91 Å². The molecule has 138 valence electrons. The van der Waals surface area contributed by atoms with Gasteiger partial charge in [0, 0.05) is 26.2 Å². The van der Waals surface area contributed by atoms with Crippen LogP contribution in [-0.4, -0.2) is 63.2 Å². The Bertz CT molecular complexity index is 756. The molecule has 1 aliphatic rings. The first-order valence-corrected chi connectivity index (χ1v) is 8.53. The third kappa shape index (κ3) is 4.05. The Kier molecular flexibility index (Phi) is 5.58. The molecule has 1 saturated heterocycles.